The van der Waals surface area contributed by atoms with Gasteiger partial charge in [0.1, 0.15) is 46.0 Å². The van der Waals surface area contributed by atoms with E-state index in [1.165, 1.54) is 36.4 Å². The molecule has 196 valence electrons. The first-order chi connectivity index (χ1) is 18.2. The van der Waals surface area contributed by atoms with Crippen LogP contribution in [0.3, 0.4) is 0 Å². The van der Waals surface area contributed by atoms with Gasteiger partial charge in [-0.25, -0.2) is 4.79 Å². The molecule has 1 saturated carbocycles. The Morgan fingerprint density at radius 1 is 0.842 bits per heavy atom. The summed E-state index contributed by atoms with van der Waals surface area (Å²) in [6.07, 6.45) is 1.50. The maximum Gasteiger partial charge on any atom is 0.338 e. The van der Waals surface area contributed by atoms with Gasteiger partial charge in [0, 0.05) is 17.9 Å². The Balaban J connectivity index is 1.51. The van der Waals surface area contributed by atoms with E-state index in [9.17, 15) is 39.6 Å². The summed E-state index contributed by atoms with van der Waals surface area (Å²) in [5, 5.41) is 40.5. The van der Waals surface area contributed by atoms with Gasteiger partial charge in [0.05, 0.1) is 5.56 Å². The zero-order valence-electron chi connectivity index (χ0n) is 20.0. The van der Waals surface area contributed by atoms with Crippen LogP contribution in [0.4, 0.5) is 0 Å². The van der Waals surface area contributed by atoms with E-state index in [-0.39, 0.29) is 41.7 Å². The maximum atomic E-state index is 13.0. The molecule has 10 heteroatoms. The van der Waals surface area contributed by atoms with Gasteiger partial charge in [-0.1, -0.05) is 6.07 Å². The molecule has 0 aliphatic heterocycles. The molecule has 1 aliphatic carbocycles. The number of ether oxygens (including phenoxy) is 2. The standard InChI is InChI=1S/C28H24O10/c29-14-37-24-6-2-4-19(31)26(24)27(35)25-21(33)12-17(13-22(25)34)28(36)38-23-5-1-3-16(23)11-20(32)15-7-9-18(30)10-8-15/h2,4,6-10,12-14,16,23,30-31,33-34H,1,3,5,11H2. The van der Waals surface area contributed by atoms with Crippen molar-refractivity contribution in [3.63, 3.8) is 0 Å². The zero-order chi connectivity index (χ0) is 27.4. The smallest absolute Gasteiger partial charge is 0.338 e. The number of rotatable bonds is 9. The molecule has 0 bridgehead atoms. The predicted molar refractivity (Wildman–Crippen MR) is 132 cm³/mol. The molecule has 0 aromatic heterocycles. The second-order valence-electron chi connectivity index (χ2n) is 8.89. The Kier molecular flexibility index (Phi) is 7.61. The van der Waals surface area contributed by atoms with E-state index in [1.807, 2.05) is 0 Å². The highest BCUT2D eigenvalue weighted by molar-refractivity contribution is 6.16. The fraction of sp³-hybridized carbons (Fsp3) is 0.214. The Morgan fingerprint density at radius 3 is 2.18 bits per heavy atom. The number of aromatic hydroxyl groups is 4. The molecule has 38 heavy (non-hydrogen) atoms. The fourth-order valence-electron chi connectivity index (χ4n) is 4.59. The Bertz CT molecular complexity index is 1370. The summed E-state index contributed by atoms with van der Waals surface area (Å²) >= 11 is 0. The van der Waals surface area contributed by atoms with Gasteiger partial charge in [0.15, 0.2) is 5.78 Å². The van der Waals surface area contributed by atoms with E-state index in [2.05, 4.69) is 0 Å². The Hall–Kier alpha value is -4.86. The first-order valence-electron chi connectivity index (χ1n) is 11.8. The van der Waals surface area contributed by atoms with Gasteiger partial charge in [0.25, 0.3) is 6.47 Å². The number of phenols is 4. The lowest BCUT2D eigenvalue weighted by Gasteiger charge is -2.20. The normalized spacial score (nSPS) is 16.5. The van der Waals surface area contributed by atoms with Crippen LogP contribution in [0.5, 0.6) is 28.7 Å². The topological polar surface area (TPSA) is 168 Å². The van der Waals surface area contributed by atoms with Gasteiger partial charge in [-0.15, -0.1) is 0 Å². The van der Waals surface area contributed by atoms with Crippen LogP contribution < -0.4 is 4.74 Å². The summed E-state index contributed by atoms with van der Waals surface area (Å²) in [5.41, 5.74) is -0.876. The van der Waals surface area contributed by atoms with Gasteiger partial charge in [-0.3, -0.25) is 14.4 Å². The number of carbonyl (C=O) groups is 4. The zero-order valence-corrected chi connectivity index (χ0v) is 20.0. The van der Waals surface area contributed by atoms with E-state index in [4.69, 9.17) is 9.47 Å². The molecule has 10 nitrogen and oxygen atoms in total. The molecule has 1 fully saturated rings. The van der Waals surface area contributed by atoms with E-state index < -0.39 is 46.2 Å². The van der Waals surface area contributed by atoms with Crippen molar-refractivity contribution in [2.75, 3.05) is 0 Å². The van der Waals surface area contributed by atoms with E-state index in [0.29, 0.717) is 18.4 Å². The van der Waals surface area contributed by atoms with Gasteiger partial charge < -0.3 is 29.9 Å². The number of benzene rings is 3. The molecule has 0 saturated heterocycles. The highest BCUT2D eigenvalue weighted by Gasteiger charge is 2.33. The number of Topliss-reactive ketones (excluding diaryl/α,β-unsaturated/α-hetero) is 1. The third kappa shape index (κ3) is 5.44. The lowest BCUT2D eigenvalue weighted by molar-refractivity contribution is -0.120. The molecule has 1 aliphatic rings. The van der Waals surface area contributed by atoms with Crippen LogP contribution in [0.2, 0.25) is 0 Å². The molecule has 4 rings (SSSR count). The molecule has 2 unspecified atom stereocenters. The minimum Gasteiger partial charge on any atom is -0.508 e. The Labute approximate surface area is 216 Å². The van der Waals surface area contributed by atoms with Crippen molar-refractivity contribution >= 4 is 24.0 Å². The maximum absolute atomic E-state index is 13.0. The van der Waals surface area contributed by atoms with Crippen molar-refractivity contribution in [2.24, 2.45) is 5.92 Å². The highest BCUT2D eigenvalue weighted by Crippen LogP contribution is 2.38. The number of esters is 1. The molecule has 3 aromatic rings. The van der Waals surface area contributed by atoms with Crippen molar-refractivity contribution in [3.05, 3.63) is 76.9 Å². The molecule has 3 aromatic carbocycles. The number of hydrogen-bond donors (Lipinski definition) is 4. The fourth-order valence-corrected chi connectivity index (χ4v) is 4.59. The summed E-state index contributed by atoms with van der Waals surface area (Å²) in [7, 11) is 0. The molecule has 0 amide bonds. The highest BCUT2D eigenvalue weighted by atomic mass is 16.5. The lowest BCUT2D eigenvalue weighted by Crippen LogP contribution is -2.24. The van der Waals surface area contributed by atoms with Crippen molar-refractivity contribution < 1.29 is 49.1 Å². The van der Waals surface area contributed by atoms with E-state index in [0.717, 1.165) is 24.6 Å². The number of carbonyl (C=O) groups excluding carboxylic acids is 4. The summed E-state index contributed by atoms with van der Waals surface area (Å²) in [6.45, 7) is 0.0545. The predicted octanol–water partition coefficient (Wildman–Crippen LogP) is 3.87. The van der Waals surface area contributed by atoms with Gasteiger partial charge in [-0.05, 0) is 67.8 Å². The molecule has 0 radical (unpaired) electrons. The van der Waals surface area contributed by atoms with Crippen molar-refractivity contribution in [1.29, 1.82) is 0 Å². The lowest BCUT2D eigenvalue weighted by atomic mass is 9.95. The number of phenolic OH excluding ortho intramolecular Hbond substituents is 4. The molecule has 4 N–H and O–H groups in total. The minimum atomic E-state index is -1.04. The van der Waals surface area contributed by atoms with Crippen LogP contribution in [0, 0.1) is 5.92 Å². The van der Waals surface area contributed by atoms with Crippen LogP contribution in [-0.4, -0.2) is 50.5 Å². The molecule has 0 spiro atoms. The largest absolute Gasteiger partial charge is 0.508 e. The van der Waals surface area contributed by atoms with Crippen molar-refractivity contribution in [1.82, 2.24) is 0 Å². The van der Waals surface area contributed by atoms with Gasteiger partial charge >= 0.3 is 5.97 Å². The van der Waals surface area contributed by atoms with Crippen LogP contribution in [-0.2, 0) is 9.53 Å². The quantitative estimate of drug-likeness (QED) is 0.185. The average molecular weight is 520 g/mol. The number of hydrogen-bond acceptors (Lipinski definition) is 10. The molecular formula is C28H24O10. The van der Waals surface area contributed by atoms with Gasteiger partial charge in [0.2, 0.25) is 5.78 Å². The monoisotopic (exact) mass is 520 g/mol. The molecular weight excluding hydrogens is 496 g/mol. The first-order valence-corrected chi connectivity index (χ1v) is 11.8. The summed E-state index contributed by atoms with van der Waals surface area (Å²) in [4.78, 5) is 49.3. The summed E-state index contributed by atoms with van der Waals surface area (Å²) in [6, 6.07) is 11.5. The summed E-state index contributed by atoms with van der Waals surface area (Å²) in [5.74, 6) is -4.61. The van der Waals surface area contributed by atoms with Gasteiger partial charge in [-0.2, -0.15) is 0 Å². The van der Waals surface area contributed by atoms with Crippen molar-refractivity contribution in [2.45, 2.75) is 31.8 Å². The third-order valence-electron chi connectivity index (χ3n) is 6.45. The first kappa shape index (κ1) is 26.2. The van der Waals surface area contributed by atoms with Crippen LogP contribution in [0.25, 0.3) is 0 Å². The van der Waals surface area contributed by atoms with Crippen LogP contribution in [0.1, 0.15) is 62.3 Å². The molecule has 2 atom stereocenters. The van der Waals surface area contributed by atoms with Crippen LogP contribution in [0.15, 0.2) is 54.6 Å². The SMILES string of the molecule is O=COc1cccc(O)c1C(=O)c1c(O)cc(C(=O)OC2CCCC2CC(=O)c2ccc(O)cc2)cc1O. The summed E-state index contributed by atoms with van der Waals surface area (Å²) < 4.78 is 10.3. The number of ketones is 2. The molecule has 0 heterocycles. The van der Waals surface area contributed by atoms with E-state index >= 15 is 0 Å². The second-order valence-corrected chi connectivity index (χ2v) is 8.89. The Morgan fingerprint density at radius 2 is 1.53 bits per heavy atom. The minimum absolute atomic E-state index is 0.0451. The average Bonchev–Trinajstić information content (AvgIpc) is 3.30. The van der Waals surface area contributed by atoms with Crippen molar-refractivity contribution in [3.8, 4) is 28.7 Å². The third-order valence-corrected chi connectivity index (χ3v) is 6.45. The van der Waals surface area contributed by atoms with Crippen LogP contribution >= 0.6 is 0 Å². The second kappa shape index (κ2) is 11.0. The van der Waals surface area contributed by atoms with E-state index in [1.54, 1.807) is 0 Å².